The van der Waals surface area contributed by atoms with Crippen molar-refractivity contribution in [1.29, 1.82) is 0 Å². The Morgan fingerprint density at radius 3 is 2.24 bits per heavy atom. The molecule has 0 saturated carbocycles. The van der Waals surface area contributed by atoms with E-state index in [4.69, 9.17) is 19.4 Å². The van der Waals surface area contributed by atoms with Gasteiger partial charge in [0.25, 0.3) is 0 Å². The third kappa shape index (κ3) is 6.44. The molecule has 2 aromatic carbocycles. The highest BCUT2D eigenvalue weighted by Gasteiger charge is 2.47. The first-order chi connectivity index (χ1) is 16.1. The summed E-state index contributed by atoms with van der Waals surface area (Å²) >= 11 is 0. The van der Waals surface area contributed by atoms with Gasteiger partial charge in [0.15, 0.2) is 6.10 Å². The number of ether oxygens (including phenoxy) is 2. The van der Waals surface area contributed by atoms with Gasteiger partial charge in [-0.15, -0.1) is 0 Å². The Bertz CT molecular complexity index is 928. The lowest BCUT2D eigenvalue weighted by Crippen LogP contribution is -2.61. The average molecular weight is 487 g/mol. The highest BCUT2D eigenvalue weighted by molar-refractivity contribution is 5.73. The molecule has 6 atom stereocenters. The minimum atomic E-state index is -4.46. The topological polar surface area (TPSA) is 138 Å². The Morgan fingerprint density at radius 2 is 1.65 bits per heavy atom. The van der Waals surface area contributed by atoms with Gasteiger partial charge in [0.1, 0.15) is 30.2 Å². The number of hydrogen-bond acceptors (Lipinski definition) is 8. The fourth-order valence-corrected chi connectivity index (χ4v) is 3.33. The number of rotatable bonds is 9. The summed E-state index contributed by atoms with van der Waals surface area (Å²) in [5.41, 5.74) is 2.43. The van der Waals surface area contributed by atoms with Crippen LogP contribution in [-0.2, 0) is 20.5 Å². The number of aliphatic hydroxyl groups excluding tert-OH is 3. The van der Waals surface area contributed by atoms with E-state index in [0.717, 1.165) is 17.7 Å². The zero-order valence-corrected chi connectivity index (χ0v) is 17.6. The van der Waals surface area contributed by atoms with Crippen LogP contribution in [0.2, 0.25) is 0 Å². The second-order valence-electron chi connectivity index (χ2n) is 7.58. The smallest absolute Gasteiger partial charge is 0.416 e. The van der Waals surface area contributed by atoms with Crippen molar-refractivity contribution in [2.45, 2.75) is 49.4 Å². The van der Waals surface area contributed by atoms with Gasteiger partial charge in [-0.25, -0.2) is 4.79 Å². The van der Waals surface area contributed by atoms with Crippen LogP contribution in [-0.4, -0.2) is 63.6 Å². The van der Waals surface area contributed by atoms with E-state index in [1.165, 1.54) is 12.1 Å². The van der Waals surface area contributed by atoms with E-state index < -0.39 is 54.5 Å². The molecule has 5 N–H and O–H groups in total. The van der Waals surface area contributed by atoms with E-state index in [0.29, 0.717) is 0 Å². The Labute approximate surface area is 192 Å². The second kappa shape index (κ2) is 11.1. The zero-order valence-electron chi connectivity index (χ0n) is 17.6. The largest absolute Gasteiger partial charge is 0.486 e. The zero-order chi connectivity index (χ0) is 24.9. The number of nitrogens with one attached hydrogen (secondary N) is 1. The van der Waals surface area contributed by atoms with E-state index in [9.17, 15) is 33.3 Å². The normalized spacial score (nSPS) is 26.1. The second-order valence-corrected chi connectivity index (χ2v) is 7.58. The van der Waals surface area contributed by atoms with Crippen LogP contribution >= 0.6 is 0 Å². The standard InChI is InChI=1S/C22H24F3NO8/c23-22(24,25)13-6-8-14(9-7-13)32-15(12-4-2-1-3-5-12)10-11-26-34-21-18(29)16(27)17(28)19(33-21)20(30)31/h1-9,15-19,21,26-29H,10-11H2,(H,30,31)/t15?,16-,17-,18+,19-,21?/m0/s1. The maximum absolute atomic E-state index is 12.8. The summed E-state index contributed by atoms with van der Waals surface area (Å²) in [4.78, 5) is 16.3. The first-order valence-corrected chi connectivity index (χ1v) is 10.3. The molecule has 1 fully saturated rings. The third-order valence-corrected chi connectivity index (χ3v) is 5.15. The van der Waals surface area contributed by atoms with Crippen molar-refractivity contribution in [2.75, 3.05) is 6.54 Å². The van der Waals surface area contributed by atoms with E-state index in [1.807, 2.05) is 0 Å². The number of halogens is 3. The number of alkyl halides is 3. The number of hydroxylamine groups is 1. The van der Waals surface area contributed by atoms with Crippen LogP contribution in [0.1, 0.15) is 23.7 Å². The summed E-state index contributed by atoms with van der Waals surface area (Å²) < 4.78 is 49.3. The van der Waals surface area contributed by atoms with Crippen LogP contribution in [0.4, 0.5) is 13.2 Å². The Morgan fingerprint density at radius 1 is 1.00 bits per heavy atom. The summed E-state index contributed by atoms with van der Waals surface area (Å²) in [6.45, 7) is 0.0865. The number of aliphatic carboxylic acids is 1. The van der Waals surface area contributed by atoms with Gasteiger partial charge in [-0.3, -0.25) is 4.84 Å². The van der Waals surface area contributed by atoms with Gasteiger partial charge in [-0.2, -0.15) is 18.7 Å². The highest BCUT2D eigenvalue weighted by Crippen LogP contribution is 2.32. The fraction of sp³-hybridized carbons (Fsp3) is 0.409. The van der Waals surface area contributed by atoms with Gasteiger partial charge in [-0.05, 0) is 29.8 Å². The lowest BCUT2D eigenvalue weighted by molar-refractivity contribution is -0.308. The van der Waals surface area contributed by atoms with Crippen LogP contribution in [0.5, 0.6) is 5.75 Å². The molecule has 34 heavy (non-hydrogen) atoms. The summed E-state index contributed by atoms with van der Waals surface area (Å²) in [7, 11) is 0. The minimum Gasteiger partial charge on any atom is -0.486 e. The third-order valence-electron chi connectivity index (χ3n) is 5.15. The number of benzene rings is 2. The van der Waals surface area contributed by atoms with Crippen LogP contribution in [0.15, 0.2) is 54.6 Å². The van der Waals surface area contributed by atoms with E-state index in [-0.39, 0.29) is 18.7 Å². The number of carboxylic acids is 1. The van der Waals surface area contributed by atoms with E-state index in [2.05, 4.69) is 5.48 Å². The van der Waals surface area contributed by atoms with Crippen molar-refractivity contribution in [3.63, 3.8) is 0 Å². The Hall–Kier alpha value is -2.74. The maximum Gasteiger partial charge on any atom is 0.416 e. The van der Waals surface area contributed by atoms with E-state index >= 15 is 0 Å². The molecular formula is C22H24F3NO8. The predicted octanol–water partition coefficient (Wildman–Crippen LogP) is 1.63. The molecule has 9 nitrogen and oxygen atoms in total. The van der Waals surface area contributed by atoms with E-state index in [1.54, 1.807) is 30.3 Å². The first-order valence-electron chi connectivity index (χ1n) is 10.3. The SMILES string of the molecule is O=C(O)[C@H]1OC(ONCCC(Oc2ccc(C(F)(F)F)cc2)c2ccccc2)[C@H](O)[C@@H](O)[C@@H]1O. The molecule has 1 heterocycles. The van der Waals surface area contributed by atoms with Gasteiger partial charge >= 0.3 is 12.1 Å². The summed E-state index contributed by atoms with van der Waals surface area (Å²) in [6, 6.07) is 13.2. The molecule has 0 spiro atoms. The van der Waals surface area contributed by atoms with Crippen LogP contribution in [0.3, 0.4) is 0 Å². The van der Waals surface area contributed by atoms with Crippen molar-refractivity contribution >= 4 is 5.97 Å². The van der Waals surface area contributed by atoms with Crippen LogP contribution in [0, 0.1) is 0 Å². The molecule has 0 bridgehead atoms. The Kier molecular flexibility index (Phi) is 8.47. The van der Waals surface area contributed by atoms with Crippen molar-refractivity contribution < 1.29 is 52.7 Å². The highest BCUT2D eigenvalue weighted by atomic mass is 19.4. The molecule has 2 unspecified atom stereocenters. The number of carboxylic acid groups (broad SMARTS) is 1. The van der Waals surface area contributed by atoms with Crippen molar-refractivity contribution in [3.8, 4) is 5.75 Å². The van der Waals surface area contributed by atoms with Gasteiger partial charge in [-0.1, -0.05) is 30.3 Å². The molecule has 0 radical (unpaired) electrons. The summed E-state index contributed by atoms with van der Waals surface area (Å²) in [5.74, 6) is -1.32. The van der Waals surface area contributed by atoms with Gasteiger partial charge in [0, 0.05) is 13.0 Å². The van der Waals surface area contributed by atoms with Gasteiger partial charge < -0.3 is 29.9 Å². The molecular weight excluding hydrogens is 463 g/mol. The average Bonchev–Trinajstić information content (AvgIpc) is 2.80. The molecule has 0 amide bonds. The monoisotopic (exact) mass is 487 g/mol. The summed E-state index contributed by atoms with van der Waals surface area (Å²) in [5, 5.41) is 38.6. The molecule has 12 heteroatoms. The number of hydrogen-bond donors (Lipinski definition) is 5. The summed E-state index contributed by atoms with van der Waals surface area (Å²) in [6.07, 6.45) is -13.5. The van der Waals surface area contributed by atoms with Crippen LogP contribution in [0.25, 0.3) is 0 Å². The molecule has 1 saturated heterocycles. The molecule has 1 aliphatic rings. The first kappa shape index (κ1) is 25.9. The minimum absolute atomic E-state index is 0.0865. The molecule has 2 aromatic rings. The van der Waals surface area contributed by atoms with Crippen molar-refractivity contribution in [2.24, 2.45) is 0 Å². The maximum atomic E-state index is 12.8. The lowest BCUT2D eigenvalue weighted by Gasteiger charge is -2.38. The lowest BCUT2D eigenvalue weighted by atomic mass is 9.99. The molecule has 0 aliphatic carbocycles. The quantitative estimate of drug-likeness (QED) is 0.264. The van der Waals surface area contributed by atoms with Crippen molar-refractivity contribution in [1.82, 2.24) is 5.48 Å². The predicted molar refractivity (Wildman–Crippen MR) is 109 cm³/mol. The van der Waals surface area contributed by atoms with Crippen molar-refractivity contribution in [3.05, 3.63) is 65.7 Å². The number of carbonyl (C=O) groups is 1. The van der Waals surface area contributed by atoms with Crippen LogP contribution < -0.4 is 10.2 Å². The number of aliphatic hydroxyl groups is 3. The molecule has 3 rings (SSSR count). The molecule has 1 aliphatic heterocycles. The van der Waals surface area contributed by atoms with Gasteiger partial charge in [0.05, 0.1) is 5.56 Å². The molecule has 0 aromatic heterocycles. The van der Waals surface area contributed by atoms with Gasteiger partial charge in [0.2, 0.25) is 6.29 Å². The molecule has 186 valence electrons. The fourth-order valence-electron chi connectivity index (χ4n) is 3.33. The Balaban J connectivity index is 1.60.